The van der Waals surface area contributed by atoms with Crippen LogP contribution in [0, 0.1) is 0 Å². The van der Waals surface area contributed by atoms with E-state index < -0.39 is 11.8 Å². The van der Waals surface area contributed by atoms with Crippen molar-refractivity contribution in [1.82, 2.24) is 10.2 Å². The fraction of sp³-hybridized carbons (Fsp3) is 0.235. The summed E-state index contributed by atoms with van der Waals surface area (Å²) >= 11 is 5.02. The summed E-state index contributed by atoms with van der Waals surface area (Å²) in [7, 11) is 4.47. The zero-order chi connectivity index (χ0) is 18.6. The van der Waals surface area contributed by atoms with Crippen LogP contribution in [-0.2, 0) is 9.59 Å². The van der Waals surface area contributed by atoms with Crippen molar-refractivity contribution in [3.8, 4) is 17.2 Å². The second kappa shape index (κ2) is 7.80. The lowest BCUT2D eigenvalue weighted by atomic mass is 10.1. The van der Waals surface area contributed by atoms with Gasteiger partial charge in [-0.3, -0.25) is 19.8 Å². The summed E-state index contributed by atoms with van der Waals surface area (Å²) in [5, 5.41) is 2.54. The molecule has 1 N–H and O–H groups in total. The standard InChI is InChI=1S/C17H18N2O5S/c1-5-6-19-16(21)11(15(20)18-17(19)25)7-10-8-13(23-3)14(24-4)9-12(10)22-2/h5,7-9H,1,6H2,2-4H3,(H,18,20,25)/b11-7-. The van der Waals surface area contributed by atoms with Gasteiger partial charge in [-0.1, -0.05) is 6.08 Å². The van der Waals surface area contributed by atoms with Crippen LogP contribution in [0.15, 0.2) is 30.4 Å². The zero-order valence-corrected chi connectivity index (χ0v) is 14.9. The molecule has 2 rings (SSSR count). The number of carbonyl (C=O) groups is 2. The van der Waals surface area contributed by atoms with E-state index in [4.69, 9.17) is 26.4 Å². The Hall–Kier alpha value is -2.87. The van der Waals surface area contributed by atoms with Gasteiger partial charge in [0.2, 0.25) is 0 Å². The molecule has 0 aromatic heterocycles. The number of hydrogen-bond acceptors (Lipinski definition) is 6. The van der Waals surface area contributed by atoms with Crippen molar-refractivity contribution in [2.75, 3.05) is 27.9 Å². The molecule has 1 aliphatic rings. The lowest BCUT2D eigenvalue weighted by molar-refractivity contribution is -0.128. The second-order valence-electron chi connectivity index (χ2n) is 4.97. The molecule has 0 bridgehead atoms. The van der Waals surface area contributed by atoms with Gasteiger partial charge >= 0.3 is 0 Å². The van der Waals surface area contributed by atoms with Crippen LogP contribution >= 0.6 is 12.2 Å². The predicted molar refractivity (Wildman–Crippen MR) is 96.7 cm³/mol. The van der Waals surface area contributed by atoms with Gasteiger partial charge in [0.1, 0.15) is 11.3 Å². The number of nitrogens with one attached hydrogen (secondary N) is 1. The third-order valence-corrected chi connectivity index (χ3v) is 3.86. The highest BCUT2D eigenvalue weighted by Gasteiger charge is 2.33. The molecule has 1 fully saturated rings. The zero-order valence-electron chi connectivity index (χ0n) is 14.1. The molecule has 1 saturated heterocycles. The monoisotopic (exact) mass is 362 g/mol. The van der Waals surface area contributed by atoms with Gasteiger partial charge in [0.05, 0.1) is 21.3 Å². The van der Waals surface area contributed by atoms with Crippen molar-refractivity contribution in [3.05, 3.63) is 35.9 Å². The lowest BCUT2D eigenvalue weighted by Crippen LogP contribution is -2.53. The molecule has 1 aromatic carbocycles. The number of thiocarbonyl (C=S) groups is 1. The van der Waals surface area contributed by atoms with Gasteiger partial charge in [-0.15, -0.1) is 6.58 Å². The molecule has 8 heteroatoms. The van der Waals surface area contributed by atoms with Crippen LogP contribution in [-0.4, -0.2) is 49.7 Å². The molecule has 2 amide bonds. The van der Waals surface area contributed by atoms with Crippen molar-refractivity contribution < 1.29 is 23.8 Å². The van der Waals surface area contributed by atoms with Gasteiger partial charge in [0, 0.05) is 18.2 Å². The third kappa shape index (κ3) is 3.63. The summed E-state index contributed by atoms with van der Waals surface area (Å²) < 4.78 is 15.8. The highest BCUT2D eigenvalue weighted by atomic mass is 32.1. The van der Waals surface area contributed by atoms with E-state index in [-0.39, 0.29) is 17.2 Å². The van der Waals surface area contributed by atoms with E-state index in [0.29, 0.717) is 22.8 Å². The fourth-order valence-corrected chi connectivity index (χ4v) is 2.56. The molecule has 0 radical (unpaired) electrons. The van der Waals surface area contributed by atoms with Crippen LogP contribution in [0.25, 0.3) is 6.08 Å². The number of amides is 2. The number of methoxy groups -OCH3 is 3. The number of nitrogens with zero attached hydrogens (tertiary/aromatic N) is 1. The lowest BCUT2D eigenvalue weighted by Gasteiger charge is -2.27. The molecule has 0 saturated carbocycles. The predicted octanol–water partition coefficient (Wildman–Crippen LogP) is 1.53. The van der Waals surface area contributed by atoms with Crippen molar-refractivity contribution in [2.45, 2.75) is 0 Å². The molecule has 25 heavy (non-hydrogen) atoms. The van der Waals surface area contributed by atoms with Gasteiger partial charge in [-0.05, 0) is 24.4 Å². The number of rotatable bonds is 6. The van der Waals surface area contributed by atoms with E-state index in [9.17, 15) is 9.59 Å². The molecule has 1 heterocycles. The molecule has 1 aliphatic heterocycles. The van der Waals surface area contributed by atoms with Gasteiger partial charge in [0.15, 0.2) is 16.6 Å². The summed E-state index contributed by atoms with van der Waals surface area (Å²) in [6.45, 7) is 3.78. The first-order chi connectivity index (χ1) is 12.0. The smallest absolute Gasteiger partial charge is 0.265 e. The second-order valence-corrected chi connectivity index (χ2v) is 5.36. The van der Waals surface area contributed by atoms with Crippen LogP contribution < -0.4 is 19.5 Å². The largest absolute Gasteiger partial charge is 0.496 e. The van der Waals surface area contributed by atoms with Crippen molar-refractivity contribution >= 4 is 35.2 Å². The van der Waals surface area contributed by atoms with E-state index in [0.717, 1.165) is 0 Å². The molecule has 7 nitrogen and oxygen atoms in total. The van der Waals surface area contributed by atoms with E-state index in [1.54, 1.807) is 12.1 Å². The van der Waals surface area contributed by atoms with Gasteiger partial charge in [-0.25, -0.2) is 0 Å². The number of carbonyl (C=O) groups excluding carboxylic acids is 2. The van der Waals surface area contributed by atoms with Crippen LogP contribution in [0.1, 0.15) is 5.56 Å². The Kier molecular flexibility index (Phi) is 5.76. The van der Waals surface area contributed by atoms with E-state index in [1.807, 2.05) is 0 Å². The SMILES string of the molecule is C=CCN1C(=O)/C(=C\c2cc(OC)c(OC)cc2OC)C(=O)NC1=S. The Labute approximate surface area is 150 Å². The Morgan fingerprint density at radius 2 is 1.72 bits per heavy atom. The fourth-order valence-electron chi connectivity index (χ4n) is 2.31. The summed E-state index contributed by atoms with van der Waals surface area (Å²) in [6, 6.07) is 3.23. The Bertz CT molecular complexity index is 773. The van der Waals surface area contributed by atoms with Gasteiger partial charge in [0.25, 0.3) is 11.8 Å². The summed E-state index contributed by atoms with van der Waals surface area (Å²) in [5.74, 6) is 0.250. The van der Waals surface area contributed by atoms with Gasteiger partial charge in [-0.2, -0.15) is 0 Å². The van der Waals surface area contributed by atoms with E-state index >= 15 is 0 Å². The van der Waals surface area contributed by atoms with Crippen molar-refractivity contribution in [3.63, 3.8) is 0 Å². The summed E-state index contributed by atoms with van der Waals surface area (Å²) in [4.78, 5) is 26.0. The average Bonchev–Trinajstić information content (AvgIpc) is 2.61. The maximum Gasteiger partial charge on any atom is 0.265 e. The first-order valence-corrected chi connectivity index (χ1v) is 7.67. The summed E-state index contributed by atoms with van der Waals surface area (Å²) in [6.07, 6.45) is 2.95. The van der Waals surface area contributed by atoms with E-state index in [2.05, 4.69) is 11.9 Å². The molecule has 0 aliphatic carbocycles. The Morgan fingerprint density at radius 1 is 1.12 bits per heavy atom. The van der Waals surface area contributed by atoms with Crippen LogP contribution in [0.2, 0.25) is 0 Å². The highest BCUT2D eigenvalue weighted by Crippen LogP contribution is 2.36. The molecule has 132 valence electrons. The molecule has 0 spiro atoms. The molecule has 0 unspecified atom stereocenters. The molecule has 1 aromatic rings. The molecular formula is C17H18N2O5S. The summed E-state index contributed by atoms with van der Waals surface area (Å²) in [5.41, 5.74) is 0.422. The molecule has 0 atom stereocenters. The van der Waals surface area contributed by atoms with E-state index in [1.165, 1.54) is 38.4 Å². The van der Waals surface area contributed by atoms with Crippen molar-refractivity contribution in [2.24, 2.45) is 0 Å². The number of ether oxygens (including phenoxy) is 3. The first-order valence-electron chi connectivity index (χ1n) is 7.26. The minimum atomic E-state index is -0.577. The van der Waals surface area contributed by atoms with Crippen LogP contribution in [0.5, 0.6) is 17.2 Å². The highest BCUT2D eigenvalue weighted by molar-refractivity contribution is 7.80. The Balaban J connectivity index is 2.53. The van der Waals surface area contributed by atoms with Gasteiger partial charge < -0.3 is 14.2 Å². The van der Waals surface area contributed by atoms with Crippen LogP contribution in [0.3, 0.4) is 0 Å². The normalized spacial score (nSPS) is 15.9. The third-order valence-electron chi connectivity index (χ3n) is 3.53. The minimum Gasteiger partial charge on any atom is -0.496 e. The maximum absolute atomic E-state index is 12.6. The first kappa shape index (κ1) is 18.5. The average molecular weight is 362 g/mol. The number of hydrogen-bond donors (Lipinski definition) is 1. The van der Waals surface area contributed by atoms with Crippen molar-refractivity contribution in [1.29, 1.82) is 0 Å². The molecular weight excluding hydrogens is 344 g/mol. The number of benzene rings is 1. The Morgan fingerprint density at radius 3 is 2.28 bits per heavy atom. The minimum absolute atomic E-state index is 0.0475. The quantitative estimate of drug-likeness (QED) is 0.358. The topological polar surface area (TPSA) is 77.1 Å². The maximum atomic E-state index is 12.6. The van der Waals surface area contributed by atoms with Crippen LogP contribution in [0.4, 0.5) is 0 Å².